The molecular weight excluding hydrogens is 668 g/mol. The van der Waals surface area contributed by atoms with Crippen molar-refractivity contribution in [1.82, 2.24) is 10.2 Å². The van der Waals surface area contributed by atoms with Crippen LogP contribution in [0.1, 0.15) is 78.4 Å². The van der Waals surface area contributed by atoms with Crippen LogP contribution in [0, 0.1) is 0 Å². The van der Waals surface area contributed by atoms with Crippen molar-refractivity contribution in [3.8, 4) is 0 Å². The fourth-order valence-corrected chi connectivity index (χ4v) is 7.13. The average Bonchev–Trinajstić information content (AvgIpc) is 3.15. The van der Waals surface area contributed by atoms with Crippen LogP contribution in [0.5, 0.6) is 0 Å². The zero-order valence-electron chi connectivity index (χ0n) is 28.9. The number of hydrogen-bond donors (Lipinski definition) is 3. The number of aliphatic hydroxyl groups is 2. The molecule has 2 saturated heterocycles. The summed E-state index contributed by atoms with van der Waals surface area (Å²) in [6.07, 6.45) is -1.02. The van der Waals surface area contributed by atoms with Gasteiger partial charge in [-0.25, -0.2) is 0 Å². The molecule has 10 heteroatoms. The number of amides is 1. The Morgan fingerprint density at radius 2 is 1.51 bits per heavy atom. The fourth-order valence-electron chi connectivity index (χ4n) is 7.00. The average molecular weight is 713 g/mol. The molecule has 2 heterocycles. The molecule has 0 aromatic heterocycles. The molecule has 0 spiro atoms. The molecule has 4 aromatic carbocycles. The van der Waals surface area contributed by atoms with Gasteiger partial charge < -0.3 is 34.6 Å². The third-order valence-corrected chi connectivity index (χ3v) is 10.2. The highest BCUT2D eigenvalue weighted by Gasteiger charge is 2.43. The monoisotopic (exact) mass is 712 g/mol. The number of nitrogens with zero attached hydrogens (tertiary/aromatic N) is 1. The van der Waals surface area contributed by atoms with Crippen LogP contribution >= 0.6 is 11.6 Å². The van der Waals surface area contributed by atoms with E-state index in [1.807, 2.05) is 91.0 Å². The molecule has 51 heavy (non-hydrogen) atoms. The van der Waals surface area contributed by atoms with E-state index in [2.05, 4.69) is 22.3 Å². The van der Waals surface area contributed by atoms with Crippen LogP contribution in [-0.2, 0) is 42.6 Å². The molecule has 0 saturated carbocycles. The maximum absolute atomic E-state index is 12.4. The van der Waals surface area contributed by atoms with Gasteiger partial charge in [0.1, 0.15) is 0 Å². The molecule has 5 unspecified atom stereocenters. The molecule has 1 amide bonds. The second-order valence-corrected chi connectivity index (χ2v) is 13.9. The van der Waals surface area contributed by atoms with Gasteiger partial charge in [0.2, 0.25) is 0 Å². The van der Waals surface area contributed by atoms with E-state index in [1.165, 1.54) is 13.8 Å². The van der Waals surface area contributed by atoms with Gasteiger partial charge in [0.25, 0.3) is 5.91 Å². The van der Waals surface area contributed by atoms with E-state index in [0.29, 0.717) is 37.5 Å². The summed E-state index contributed by atoms with van der Waals surface area (Å²) in [5.41, 5.74) is 4.57. The Hall–Kier alpha value is -4.09. The van der Waals surface area contributed by atoms with Crippen molar-refractivity contribution in [3.63, 3.8) is 0 Å². The highest BCUT2D eigenvalue weighted by atomic mass is 35.5. The van der Waals surface area contributed by atoms with Gasteiger partial charge in [-0.15, -0.1) is 0 Å². The van der Waals surface area contributed by atoms with Crippen molar-refractivity contribution in [2.24, 2.45) is 0 Å². The highest BCUT2D eigenvalue weighted by Crippen LogP contribution is 2.47. The number of aliphatic hydroxyl groups excluding tert-OH is 1. The molecule has 6 rings (SSSR count). The lowest BCUT2D eigenvalue weighted by atomic mass is 9.81. The van der Waals surface area contributed by atoms with Gasteiger partial charge in [-0.3, -0.25) is 9.59 Å². The van der Waals surface area contributed by atoms with Crippen molar-refractivity contribution < 1.29 is 34.0 Å². The third kappa shape index (κ3) is 9.05. The molecule has 2 aliphatic rings. The Morgan fingerprint density at radius 3 is 2.14 bits per heavy atom. The first-order valence-electron chi connectivity index (χ1n) is 17.4. The van der Waals surface area contributed by atoms with Crippen LogP contribution in [-0.4, -0.2) is 58.8 Å². The normalized spacial score (nSPS) is 22.5. The van der Waals surface area contributed by atoms with Crippen LogP contribution in [0.3, 0.4) is 0 Å². The first-order chi connectivity index (χ1) is 24.6. The molecule has 2 fully saturated rings. The molecule has 0 bridgehead atoms. The Kier molecular flexibility index (Phi) is 11.9. The van der Waals surface area contributed by atoms with Gasteiger partial charge in [-0.05, 0) is 59.7 Å². The number of piperidine rings is 1. The van der Waals surface area contributed by atoms with E-state index in [9.17, 15) is 19.8 Å². The molecular formula is C41H45ClN2O7. The number of halogens is 1. The number of nitrogens with one attached hydrogen (secondary N) is 1. The first-order valence-corrected chi connectivity index (χ1v) is 17.8. The molecule has 0 radical (unpaired) electrons. The number of likely N-dealkylation sites (tertiary alicyclic amines) is 1. The van der Waals surface area contributed by atoms with Crippen LogP contribution in [0.4, 0.5) is 0 Å². The SMILES string of the molecule is CC(=O)OC(C)C(=O)NCc1ccc(C2OC(CN3CCC(O)(c4ccc(Cl)cc4)CC3)C(c3ccccc3)C(c3ccc(CO)cc3)O2)cc1. The second-order valence-electron chi connectivity index (χ2n) is 13.4. The summed E-state index contributed by atoms with van der Waals surface area (Å²) < 4.78 is 18.7. The molecule has 5 atom stereocenters. The van der Waals surface area contributed by atoms with Crippen LogP contribution < -0.4 is 5.32 Å². The van der Waals surface area contributed by atoms with Crippen molar-refractivity contribution in [2.45, 2.75) is 76.0 Å². The van der Waals surface area contributed by atoms with E-state index >= 15 is 0 Å². The van der Waals surface area contributed by atoms with E-state index in [1.54, 1.807) is 0 Å². The zero-order valence-corrected chi connectivity index (χ0v) is 29.7. The molecule has 268 valence electrons. The van der Waals surface area contributed by atoms with Crippen molar-refractivity contribution in [3.05, 3.63) is 142 Å². The largest absolute Gasteiger partial charge is 0.453 e. The quantitative estimate of drug-likeness (QED) is 0.155. The summed E-state index contributed by atoms with van der Waals surface area (Å²) in [4.78, 5) is 26.0. The Bertz CT molecular complexity index is 1740. The van der Waals surface area contributed by atoms with Gasteiger partial charge in [-0.1, -0.05) is 103 Å². The first kappa shape index (κ1) is 36.7. The lowest BCUT2D eigenvalue weighted by molar-refractivity contribution is -0.264. The fraction of sp³-hybridized carbons (Fsp3) is 0.366. The minimum Gasteiger partial charge on any atom is -0.453 e. The Labute approximate surface area is 304 Å². The lowest BCUT2D eigenvalue weighted by Gasteiger charge is -2.46. The molecule has 2 aliphatic heterocycles. The number of rotatable bonds is 11. The summed E-state index contributed by atoms with van der Waals surface area (Å²) in [6.45, 7) is 5.05. The minimum atomic E-state index is -0.921. The van der Waals surface area contributed by atoms with Crippen molar-refractivity contribution in [1.29, 1.82) is 0 Å². The molecule has 4 aromatic rings. The predicted molar refractivity (Wildman–Crippen MR) is 194 cm³/mol. The number of benzene rings is 4. The maximum Gasteiger partial charge on any atom is 0.303 e. The number of carbonyl (C=O) groups is 2. The Morgan fingerprint density at radius 1 is 0.882 bits per heavy atom. The second kappa shape index (κ2) is 16.5. The number of hydrogen-bond acceptors (Lipinski definition) is 8. The number of ether oxygens (including phenoxy) is 3. The highest BCUT2D eigenvalue weighted by molar-refractivity contribution is 6.30. The minimum absolute atomic E-state index is 0.0466. The van der Waals surface area contributed by atoms with Crippen LogP contribution in [0.15, 0.2) is 103 Å². The summed E-state index contributed by atoms with van der Waals surface area (Å²) in [5, 5.41) is 24.8. The van der Waals surface area contributed by atoms with Gasteiger partial charge in [-0.2, -0.15) is 0 Å². The topological polar surface area (TPSA) is 118 Å². The van der Waals surface area contributed by atoms with E-state index in [-0.39, 0.29) is 37.2 Å². The molecule has 0 aliphatic carbocycles. The predicted octanol–water partition coefficient (Wildman–Crippen LogP) is 6.32. The zero-order chi connectivity index (χ0) is 36.0. The van der Waals surface area contributed by atoms with E-state index in [4.69, 9.17) is 25.8 Å². The van der Waals surface area contributed by atoms with Gasteiger partial charge in [0.05, 0.1) is 24.4 Å². The third-order valence-electron chi connectivity index (χ3n) is 9.90. The van der Waals surface area contributed by atoms with Crippen LogP contribution in [0.2, 0.25) is 5.02 Å². The summed E-state index contributed by atoms with van der Waals surface area (Å²) in [5.74, 6) is -1.03. The standard InChI is InChI=1S/C41H45ClN2O7/c1-27(49-28(2)46)39(47)43-24-29-8-14-33(15-9-29)40-50-36(25-44-22-20-41(48,21-23-44)34-16-18-35(42)19-17-34)37(31-6-4-3-5-7-31)38(51-40)32-12-10-30(26-45)11-13-32/h3-19,27,36-38,40,45,48H,20-26H2,1-2H3,(H,43,47). The summed E-state index contributed by atoms with van der Waals surface area (Å²) in [6, 6.07) is 33.4. The summed E-state index contributed by atoms with van der Waals surface area (Å²) >= 11 is 6.12. The van der Waals surface area contributed by atoms with E-state index < -0.39 is 24.0 Å². The smallest absolute Gasteiger partial charge is 0.303 e. The van der Waals surface area contributed by atoms with Gasteiger partial charge in [0, 0.05) is 49.6 Å². The van der Waals surface area contributed by atoms with Gasteiger partial charge >= 0.3 is 5.97 Å². The lowest BCUT2D eigenvalue weighted by Crippen LogP contribution is -2.49. The molecule has 3 N–H and O–H groups in total. The van der Waals surface area contributed by atoms with Crippen molar-refractivity contribution >= 4 is 23.5 Å². The number of carbonyl (C=O) groups excluding carboxylic acids is 2. The number of esters is 1. The van der Waals surface area contributed by atoms with Crippen LogP contribution in [0.25, 0.3) is 0 Å². The maximum atomic E-state index is 12.4. The van der Waals surface area contributed by atoms with Gasteiger partial charge in [0.15, 0.2) is 12.4 Å². The molecule has 9 nitrogen and oxygen atoms in total. The van der Waals surface area contributed by atoms with E-state index in [0.717, 1.165) is 33.4 Å². The Balaban J connectivity index is 1.24. The summed E-state index contributed by atoms with van der Waals surface area (Å²) in [7, 11) is 0. The van der Waals surface area contributed by atoms with Crippen molar-refractivity contribution in [2.75, 3.05) is 19.6 Å².